The Morgan fingerprint density at radius 1 is 1.08 bits per heavy atom. The average molecular weight is 341 g/mol. The van der Waals surface area contributed by atoms with Crippen molar-refractivity contribution in [2.24, 2.45) is 5.41 Å². The van der Waals surface area contributed by atoms with E-state index in [2.05, 4.69) is 15.6 Å². The molecule has 1 aromatic heterocycles. The molecule has 25 heavy (non-hydrogen) atoms. The summed E-state index contributed by atoms with van der Waals surface area (Å²) < 4.78 is 5.76. The van der Waals surface area contributed by atoms with E-state index in [-0.39, 0.29) is 23.8 Å². The Kier molecular flexibility index (Phi) is 6.11. The first-order valence-corrected chi connectivity index (χ1v) is 8.07. The SMILES string of the molecule is CC(C)(C)CC(=O)NCC(=O)Nc1cnccc1Oc1ccccc1. The summed E-state index contributed by atoms with van der Waals surface area (Å²) in [6.07, 6.45) is 3.45. The van der Waals surface area contributed by atoms with Crippen molar-refractivity contribution < 1.29 is 14.3 Å². The number of amides is 2. The van der Waals surface area contributed by atoms with Gasteiger partial charge in [0.15, 0.2) is 5.75 Å². The number of benzene rings is 1. The van der Waals surface area contributed by atoms with E-state index >= 15 is 0 Å². The molecule has 0 unspecified atom stereocenters. The molecule has 6 heteroatoms. The van der Waals surface area contributed by atoms with Crippen LogP contribution in [0.15, 0.2) is 48.8 Å². The number of pyridine rings is 1. The number of para-hydroxylation sites is 1. The fraction of sp³-hybridized carbons (Fsp3) is 0.316. The van der Waals surface area contributed by atoms with E-state index in [0.717, 1.165) is 0 Å². The standard InChI is InChI=1S/C19H23N3O3/c1-19(2,3)11-17(23)21-13-18(24)22-15-12-20-10-9-16(15)25-14-7-5-4-6-8-14/h4-10,12H,11,13H2,1-3H3,(H,21,23)(H,22,24). The summed E-state index contributed by atoms with van der Waals surface area (Å²) >= 11 is 0. The molecule has 0 saturated heterocycles. The second-order valence-electron chi connectivity index (χ2n) is 6.85. The van der Waals surface area contributed by atoms with Gasteiger partial charge in [-0.25, -0.2) is 0 Å². The average Bonchev–Trinajstić information content (AvgIpc) is 2.54. The number of nitrogens with one attached hydrogen (secondary N) is 2. The number of nitrogens with zero attached hydrogens (tertiary/aromatic N) is 1. The lowest BCUT2D eigenvalue weighted by molar-refractivity contribution is -0.125. The largest absolute Gasteiger partial charge is 0.455 e. The van der Waals surface area contributed by atoms with Crippen molar-refractivity contribution in [2.75, 3.05) is 11.9 Å². The van der Waals surface area contributed by atoms with E-state index in [9.17, 15) is 9.59 Å². The predicted octanol–water partition coefficient (Wildman–Crippen LogP) is 3.36. The van der Waals surface area contributed by atoms with Crippen LogP contribution in [0.2, 0.25) is 0 Å². The third-order valence-electron chi connectivity index (χ3n) is 3.16. The molecule has 0 aliphatic rings. The van der Waals surface area contributed by atoms with Crippen LogP contribution in [0.5, 0.6) is 11.5 Å². The maximum Gasteiger partial charge on any atom is 0.243 e. The van der Waals surface area contributed by atoms with E-state index in [0.29, 0.717) is 23.6 Å². The summed E-state index contributed by atoms with van der Waals surface area (Å²) in [5.74, 6) is 0.640. The van der Waals surface area contributed by atoms with E-state index in [1.807, 2.05) is 51.1 Å². The highest BCUT2D eigenvalue weighted by Gasteiger charge is 2.16. The van der Waals surface area contributed by atoms with E-state index in [4.69, 9.17) is 4.74 Å². The first kappa shape index (κ1) is 18.4. The van der Waals surface area contributed by atoms with Gasteiger partial charge in [0.25, 0.3) is 0 Å². The molecule has 0 fully saturated rings. The van der Waals surface area contributed by atoms with Crippen LogP contribution < -0.4 is 15.4 Å². The van der Waals surface area contributed by atoms with Crippen LogP contribution in [0, 0.1) is 5.41 Å². The van der Waals surface area contributed by atoms with Crippen LogP contribution in [-0.4, -0.2) is 23.3 Å². The van der Waals surface area contributed by atoms with Crippen LogP contribution in [0.25, 0.3) is 0 Å². The zero-order valence-corrected chi connectivity index (χ0v) is 14.7. The summed E-state index contributed by atoms with van der Waals surface area (Å²) in [4.78, 5) is 27.9. The molecule has 1 heterocycles. The van der Waals surface area contributed by atoms with Gasteiger partial charge < -0.3 is 15.4 Å². The maximum atomic E-state index is 12.1. The minimum atomic E-state index is -0.340. The Morgan fingerprint density at radius 3 is 2.48 bits per heavy atom. The van der Waals surface area contributed by atoms with Gasteiger partial charge in [0, 0.05) is 18.7 Å². The molecule has 0 spiro atoms. The second-order valence-corrected chi connectivity index (χ2v) is 6.85. The summed E-state index contributed by atoms with van der Waals surface area (Å²) in [6.45, 7) is 5.80. The summed E-state index contributed by atoms with van der Waals surface area (Å²) in [7, 11) is 0. The maximum absolute atomic E-state index is 12.1. The predicted molar refractivity (Wildman–Crippen MR) is 96.5 cm³/mol. The Bertz CT molecular complexity index is 724. The number of aromatic nitrogens is 1. The van der Waals surface area contributed by atoms with Crippen molar-refractivity contribution in [3.05, 3.63) is 48.8 Å². The van der Waals surface area contributed by atoms with Crippen LogP contribution in [0.4, 0.5) is 5.69 Å². The molecule has 2 aromatic rings. The molecule has 0 radical (unpaired) electrons. The normalized spacial score (nSPS) is 10.8. The van der Waals surface area contributed by atoms with Crippen molar-refractivity contribution in [1.82, 2.24) is 10.3 Å². The monoisotopic (exact) mass is 341 g/mol. The van der Waals surface area contributed by atoms with E-state index in [1.165, 1.54) is 6.20 Å². The molecule has 0 atom stereocenters. The van der Waals surface area contributed by atoms with Gasteiger partial charge in [-0.3, -0.25) is 14.6 Å². The number of ether oxygens (including phenoxy) is 1. The fourth-order valence-corrected chi connectivity index (χ4v) is 2.10. The molecule has 132 valence electrons. The van der Waals surface area contributed by atoms with Crippen LogP contribution in [-0.2, 0) is 9.59 Å². The molecule has 1 aromatic carbocycles. The third-order valence-corrected chi connectivity index (χ3v) is 3.16. The lowest BCUT2D eigenvalue weighted by atomic mass is 9.92. The molecule has 0 aliphatic carbocycles. The number of hydrogen-bond donors (Lipinski definition) is 2. The Labute approximate surface area is 147 Å². The minimum absolute atomic E-state index is 0.103. The van der Waals surface area contributed by atoms with Crippen molar-refractivity contribution in [1.29, 1.82) is 0 Å². The highest BCUT2D eigenvalue weighted by Crippen LogP contribution is 2.28. The first-order valence-electron chi connectivity index (χ1n) is 8.07. The van der Waals surface area contributed by atoms with E-state index < -0.39 is 0 Å². The molecule has 2 rings (SSSR count). The highest BCUT2D eigenvalue weighted by atomic mass is 16.5. The van der Waals surface area contributed by atoms with Crippen molar-refractivity contribution in [3.63, 3.8) is 0 Å². The van der Waals surface area contributed by atoms with Crippen LogP contribution in [0.3, 0.4) is 0 Å². The van der Waals surface area contributed by atoms with Gasteiger partial charge in [-0.1, -0.05) is 39.0 Å². The van der Waals surface area contributed by atoms with Crippen LogP contribution in [0.1, 0.15) is 27.2 Å². The summed E-state index contributed by atoms with van der Waals surface area (Å²) in [5, 5.41) is 5.32. The molecule has 0 saturated carbocycles. The zero-order valence-electron chi connectivity index (χ0n) is 14.7. The van der Waals surface area contributed by atoms with Gasteiger partial charge in [-0.2, -0.15) is 0 Å². The Hall–Kier alpha value is -2.89. The van der Waals surface area contributed by atoms with Gasteiger partial charge in [0.05, 0.1) is 12.7 Å². The minimum Gasteiger partial charge on any atom is -0.455 e. The number of anilines is 1. The third kappa shape index (κ3) is 6.63. The lowest BCUT2D eigenvalue weighted by Gasteiger charge is -2.17. The van der Waals surface area contributed by atoms with E-state index in [1.54, 1.807) is 12.3 Å². The number of rotatable bonds is 6. The molecule has 2 N–H and O–H groups in total. The van der Waals surface area contributed by atoms with Gasteiger partial charge in [0.1, 0.15) is 11.4 Å². The Morgan fingerprint density at radius 2 is 1.80 bits per heavy atom. The molecule has 2 amide bonds. The molecule has 0 bridgehead atoms. The van der Waals surface area contributed by atoms with Crippen LogP contribution >= 0.6 is 0 Å². The van der Waals surface area contributed by atoms with Gasteiger partial charge in [-0.05, 0) is 17.5 Å². The number of carbonyl (C=O) groups excluding carboxylic acids is 2. The first-order chi connectivity index (χ1) is 11.8. The molecular formula is C19H23N3O3. The second kappa shape index (κ2) is 8.28. The van der Waals surface area contributed by atoms with Gasteiger partial charge in [0.2, 0.25) is 11.8 Å². The summed E-state index contributed by atoms with van der Waals surface area (Å²) in [5.41, 5.74) is 0.321. The molecule has 0 aliphatic heterocycles. The fourth-order valence-electron chi connectivity index (χ4n) is 2.10. The van der Waals surface area contributed by atoms with Crippen molar-refractivity contribution in [2.45, 2.75) is 27.2 Å². The molecular weight excluding hydrogens is 318 g/mol. The smallest absolute Gasteiger partial charge is 0.243 e. The number of carbonyl (C=O) groups is 2. The van der Waals surface area contributed by atoms with Crippen molar-refractivity contribution in [3.8, 4) is 11.5 Å². The lowest BCUT2D eigenvalue weighted by Crippen LogP contribution is -2.34. The Balaban J connectivity index is 1.94. The number of hydrogen-bond acceptors (Lipinski definition) is 4. The van der Waals surface area contributed by atoms with Gasteiger partial charge in [-0.15, -0.1) is 0 Å². The topological polar surface area (TPSA) is 80.3 Å². The van der Waals surface area contributed by atoms with Crippen molar-refractivity contribution >= 4 is 17.5 Å². The highest BCUT2D eigenvalue weighted by molar-refractivity contribution is 5.95. The molecule has 6 nitrogen and oxygen atoms in total. The van der Waals surface area contributed by atoms with Gasteiger partial charge >= 0.3 is 0 Å². The summed E-state index contributed by atoms with van der Waals surface area (Å²) in [6, 6.07) is 10.9. The quantitative estimate of drug-likeness (QED) is 0.844. The zero-order chi connectivity index (χ0) is 18.3.